The number of aromatic nitrogens is 3. The van der Waals surface area contributed by atoms with Gasteiger partial charge in [-0.15, -0.1) is 5.10 Å². The highest BCUT2D eigenvalue weighted by Gasteiger charge is 2.17. The minimum Gasteiger partial charge on any atom is -0.325 e. The first kappa shape index (κ1) is 14.8. The van der Waals surface area contributed by atoms with Crippen molar-refractivity contribution in [3.05, 3.63) is 64.3 Å². The van der Waals surface area contributed by atoms with Crippen LogP contribution in [0.2, 0.25) is 5.02 Å². The molecule has 0 bridgehead atoms. The van der Waals surface area contributed by atoms with Crippen LogP contribution < -0.4 is 5.73 Å². The van der Waals surface area contributed by atoms with Gasteiger partial charge in [-0.25, -0.2) is 4.68 Å². The zero-order chi connectivity index (χ0) is 15.7. The zero-order valence-electron chi connectivity index (χ0n) is 12.5. The molecule has 0 aliphatic heterocycles. The average Bonchev–Trinajstić information content (AvgIpc) is 2.93. The van der Waals surface area contributed by atoms with Crippen molar-refractivity contribution >= 4 is 11.6 Å². The third-order valence-corrected chi connectivity index (χ3v) is 4.10. The Kier molecular flexibility index (Phi) is 3.96. The number of halogens is 1. The maximum atomic E-state index is 6.24. The molecule has 0 unspecified atom stereocenters. The monoisotopic (exact) mass is 312 g/mol. The number of aryl methyl sites for hydroxylation is 1. The van der Waals surface area contributed by atoms with Crippen molar-refractivity contribution in [3.8, 4) is 16.9 Å². The summed E-state index contributed by atoms with van der Waals surface area (Å²) >= 11 is 6.24. The van der Waals surface area contributed by atoms with Crippen molar-refractivity contribution in [1.29, 1.82) is 0 Å². The van der Waals surface area contributed by atoms with Gasteiger partial charge in [-0.1, -0.05) is 46.6 Å². The molecule has 3 aromatic rings. The van der Waals surface area contributed by atoms with E-state index in [0.717, 1.165) is 28.2 Å². The Bertz CT molecular complexity index is 823. The molecular weight excluding hydrogens is 296 g/mol. The second-order valence-electron chi connectivity index (χ2n) is 5.25. The van der Waals surface area contributed by atoms with Crippen LogP contribution in [-0.4, -0.2) is 15.0 Å². The molecule has 1 aromatic heterocycles. The quantitative estimate of drug-likeness (QED) is 0.803. The van der Waals surface area contributed by atoms with Gasteiger partial charge < -0.3 is 5.73 Å². The fraction of sp³-hybridized carbons (Fsp3) is 0.176. The van der Waals surface area contributed by atoms with Gasteiger partial charge in [-0.05, 0) is 37.6 Å². The highest BCUT2D eigenvalue weighted by molar-refractivity contribution is 6.31. The average molecular weight is 313 g/mol. The highest BCUT2D eigenvalue weighted by Crippen LogP contribution is 2.29. The third kappa shape index (κ3) is 2.51. The Morgan fingerprint density at radius 3 is 2.64 bits per heavy atom. The van der Waals surface area contributed by atoms with E-state index in [1.807, 2.05) is 41.9 Å². The molecule has 0 radical (unpaired) electrons. The highest BCUT2D eigenvalue weighted by atomic mass is 35.5. The smallest absolute Gasteiger partial charge is 0.105 e. The lowest BCUT2D eigenvalue weighted by Gasteiger charge is -2.11. The summed E-state index contributed by atoms with van der Waals surface area (Å²) in [6.07, 6.45) is 0. The maximum Gasteiger partial charge on any atom is 0.105 e. The fourth-order valence-electron chi connectivity index (χ4n) is 2.53. The van der Waals surface area contributed by atoms with E-state index in [1.165, 1.54) is 5.56 Å². The van der Waals surface area contributed by atoms with E-state index in [1.54, 1.807) is 0 Å². The van der Waals surface area contributed by atoms with E-state index in [-0.39, 0.29) is 0 Å². The molecule has 1 heterocycles. The summed E-state index contributed by atoms with van der Waals surface area (Å²) in [5, 5.41) is 9.23. The molecule has 0 saturated carbocycles. The van der Waals surface area contributed by atoms with E-state index in [9.17, 15) is 0 Å². The summed E-state index contributed by atoms with van der Waals surface area (Å²) in [6.45, 7) is 4.37. The van der Waals surface area contributed by atoms with Gasteiger partial charge in [-0.3, -0.25) is 0 Å². The number of benzene rings is 2. The summed E-state index contributed by atoms with van der Waals surface area (Å²) in [5.74, 6) is 0. The molecule has 22 heavy (non-hydrogen) atoms. The Balaban J connectivity index is 2.26. The van der Waals surface area contributed by atoms with Crippen molar-refractivity contribution < 1.29 is 0 Å². The van der Waals surface area contributed by atoms with Crippen LogP contribution >= 0.6 is 11.6 Å². The first-order valence-electron chi connectivity index (χ1n) is 7.09. The predicted octanol–water partition coefficient (Wildman–Crippen LogP) is 3.66. The van der Waals surface area contributed by atoms with Gasteiger partial charge in [-0.2, -0.15) is 0 Å². The number of nitrogens with two attached hydrogens (primary N) is 1. The summed E-state index contributed by atoms with van der Waals surface area (Å²) in [6, 6.07) is 14.0. The van der Waals surface area contributed by atoms with Crippen LogP contribution in [0.5, 0.6) is 0 Å². The van der Waals surface area contributed by atoms with E-state index in [0.29, 0.717) is 11.6 Å². The molecule has 0 saturated heterocycles. The van der Waals surface area contributed by atoms with Gasteiger partial charge in [0.2, 0.25) is 0 Å². The molecule has 5 heteroatoms. The maximum absolute atomic E-state index is 6.24. The van der Waals surface area contributed by atoms with Crippen LogP contribution in [0.4, 0.5) is 0 Å². The van der Waals surface area contributed by atoms with Crippen LogP contribution in [0, 0.1) is 13.8 Å². The first-order chi connectivity index (χ1) is 10.6. The number of nitrogens with zero attached hydrogens (tertiary/aromatic N) is 3. The molecule has 3 rings (SSSR count). The molecular formula is C17H17ClN4. The first-order valence-corrected chi connectivity index (χ1v) is 7.46. The van der Waals surface area contributed by atoms with Crippen molar-refractivity contribution in [2.45, 2.75) is 20.4 Å². The molecule has 4 nitrogen and oxygen atoms in total. The second kappa shape index (κ2) is 5.91. The van der Waals surface area contributed by atoms with E-state index < -0.39 is 0 Å². The Morgan fingerprint density at radius 2 is 1.91 bits per heavy atom. The third-order valence-electron chi connectivity index (χ3n) is 3.69. The largest absolute Gasteiger partial charge is 0.325 e. The summed E-state index contributed by atoms with van der Waals surface area (Å²) in [4.78, 5) is 0. The van der Waals surface area contributed by atoms with E-state index in [2.05, 4.69) is 29.4 Å². The standard InChI is InChI=1S/C17H17ClN4/c1-11-5-3-6-13(9-11)17-15(10-19)20-21-22(17)16-8-4-7-14(18)12(16)2/h3-9H,10,19H2,1-2H3. The van der Waals surface area contributed by atoms with Crippen molar-refractivity contribution in [3.63, 3.8) is 0 Å². The van der Waals surface area contributed by atoms with Gasteiger partial charge in [0, 0.05) is 17.1 Å². The van der Waals surface area contributed by atoms with E-state index >= 15 is 0 Å². The summed E-state index contributed by atoms with van der Waals surface area (Å²) in [7, 11) is 0. The van der Waals surface area contributed by atoms with Gasteiger partial charge >= 0.3 is 0 Å². The second-order valence-corrected chi connectivity index (χ2v) is 5.66. The Hall–Kier alpha value is -2.17. The minimum atomic E-state index is 0.336. The SMILES string of the molecule is Cc1cccc(-c2c(CN)nnn2-c2cccc(Cl)c2C)c1. The lowest BCUT2D eigenvalue weighted by molar-refractivity contribution is 0.796. The van der Waals surface area contributed by atoms with Gasteiger partial charge in [0.05, 0.1) is 11.4 Å². The van der Waals surface area contributed by atoms with Gasteiger partial charge in [0.1, 0.15) is 5.69 Å². The molecule has 0 amide bonds. The number of hydrogen-bond donors (Lipinski definition) is 1. The lowest BCUT2D eigenvalue weighted by atomic mass is 10.1. The van der Waals surface area contributed by atoms with Gasteiger partial charge in [0.25, 0.3) is 0 Å². The predicted molar refractivity (Wildman–Crippen MR) is 89.2 cm³/mol. The van der Waals surface area contributed by atoms with Crippen molar-refractivity contribution in [1.82, 2.24) is 15.0 Å². The molecule has 0 aliphatic rings. The van der Waals surface area contributed by atoms with Crippen LogP contribution in [0.1, 0.15) is 16.8 Å². The minimum absolute atomic E-state index is 0.336. The topological polar surface area (TPSA) is 56.7 Å². The normalized spacial score (nSPS) is 10.9. The van der Waals surface area contributed by atoms with Crippen LogP contribution in [-0.2, 0) is 6.54 Å². The molecule has 112 valence electrons. The number of rotatable bonds is 3. The van der Waals surface area contributed by atoms with Gasteiger partial charge in [0.15, 0.2) is 0 Å². The van der Waals surface area contributed by atoms with Crippen LogP contribution in [0.25, 0.3) is 16.9 Å². The molecule has 0 fully saturated rings. The molecule has 2 aromatic carbocycles. The lowest BCUT2D eigenvalue weighted by Crippen LogP contribution is -2.04. The van der Waals surface area contributed by atoms with Crippen molar-refractivity contribution in [2.75, 3.05) is 0 Å². The molecule has 2 N–H and O–H groups in total. The van der Waals surface area contributed by atoms with Crippen molar-refractivity contribution in [2.24, 2.45) is 5.73 Å². The molecule has 0 atom stereocenters. The summed E-state index contributed by atoms with van der Waals surface area (Å²) < 4.78 is 1.82. The zero-order valence-corrected chi connectivity index (χ0v) is 13.3. The molecule has 0 spiro atoms. The number of hydrogen-bond acceptors (Lipinski definition) is 3. The van der Waals surface area contributed by atoms with Crippen LogP contribution in [0.3, 0.4) is 0 Å². The Labute approximate surface area is 134 Å². The summed E-state index contributed by atoms with van der Waals surface area (Å²) in [5.41, 5.74) is 11.6. The van der Waals surface area contributed by atoms with Crippen LogP contribution in [0.15, 0.2) is 42.5 Å². The molecule has 0 aliphatic carbocycles. The fourth-order valence-corrected chi connectivity index (χ4v) is 2.70. The Morgan fingerprint density at radius 1 is 1.14 bits per heavy atom. The van der Waals surface area contributed by atoms with E-state index in [4.69, 9.17) is 17.3 Å².